The van der Waals surface area contributed by atoms with Gasteiger partial charge in [0, 0.05) is 22.6 Å². The first-order chi connectivity index (χ1) is 8.91. The molecule has 112 valence electrons. The molecule has 0 spiro atoms. The normalized spacial score (nSPS) is 24.6. The van der Waals surface area contributed by atoms with Crippen molar-refractivity contribution in [3.63, 3.8) is 0 Å². The van der Waals surface area contributed by atoms with Crippen LogP contribution in [0.5, 0.6) is 0 Å². The largest absolute Gasteiger partial charge is 0.357 e. The molecule has 0 amide bonds. The highest BCUT2D eigenvalue weighted by Gasteiger charge is 2.29. The van der Waals surface area contributed by atoms with E-state index in [0.29, 0.717) is 4.75 Å². The van der Waals surface area contributed by atoms with Gasteiger partial charge in [-0.05, 0) is 52.5 Å². The van der Waals surface area contributed by atoms with E-state index < -0.39 is 0 Å². The number of nitrogens with one attached hydrogen (secondary N) is 2. The van der Waals surface area contributed by atoms with Crippen molar-refractivity contribution in [1.29, 1.82) is 0 Å². The van der Waals surface area contributed by atoms with E-state index in [1.807, 2.05) is 11.8 Å². The number of hydrogen-bond acceptors (Lipinski definition) is 3. The zero-order valence-electron chi connectivity index (χ0n) is 13.0. The Labute approximate surface area is 127 Å². The molecule has 1 fully saturated rings. The first-order valence-electron chi connectivity index (χ1n) is 7.12. The fraction of sp³-hybridized carbons (Fsp3) is 0.929. The molecule has 1 heterocycles. The van der Waals surface area contributed by atoms with Crippen molar-refractivity contribution in [3.05, 3.63) is 0 Å². The van der Waals surface area contributed by atoms with Gasteiger partial charge in [-0.1, -0.05) is 0 Å². The maximum absolute atomic E-state index is 4.71. The standard InChI is InChI=1S/C14H29N3S2/c1-6-15-12(16-10-13(2,3)18-5)17-11-14(4)8-7-9-19-14/h6-11H2,1-5H3,(H2,15,16,17). The van der Waals surface area contributed by atoms with Crippen LogP contribution in [0.3, 0.4) is 0 Å². The molecule has 19 heavy (non-hydrogen) atoms. The predicted molar refractivity (Wildman–Crippen MR) is 91.7 cm³/mol. The molecule has 1 aliphatic heterocycles. The summed E-state index contributed by atoms with van der Waals surface area (Å²) >= 11 is 3.95. The predicted octanol–water partition coefficient (Wildman–Crippen LogP) is 2.97. The van der Waals surface area contributed by atoms with Crippen molar-refractivity contribution < 1.29 is 0 Å². The summed E-state index contributed by atoms with van der Waals surface area (Å²) in [6.45, 7) is 11.7. The van der Waals surface area contributed by atoms with E-state index in [1.54, 1.807) is 0 Å². The number of thioether (sulfide) groups is 2. The number of aliphatic imine (C=N–C) groups is 1. The Morgan fingerprint density at radius 3 is 2.68 bits per heavy atom. The molecule has 0 aromatic carbocycles. The van der Waals surface area contributed by atoms with Crippen molar-refractivity contribution in [2.75, 3.05) is 31.6 Å². The lowest BCUT2D eigenvalue weighted by Gasteiger charge is -2.25. The third kappa shape index (κ3) is 6.30. The number of nitrogens with zero attached hydrogens (tertiary/aromatic N) is 1. The Bertz CT molecular complexity index is 297. The van der Waals surface area contributed by atoms with Crippen molar-refractivity contribution in [2.24, 2.45) is 4.99 Å². The number of guanidine groups is 1. The van der Waals surface area contributed by atoms with Crippen molar-refractivity contribution in [2.45, 2.75) is 50.0 Å². The molecule has 0 radical (unpaired) electrons. The topological polar surface area (TPSA) is 36.4 Å². The van der Waals surface area contributed by atoms with Gasteiger partial charge in [-0.3, -0.25) is 4.99 Å². The minimum absolute atomic E-state index is 0.203. The Balaban J connectivity index is 2.49. The molecule has 1 aliphatic rings. The Kier molecular flexibility index (Phi) is 6.87. The van der Waals surface area contributed by atoms with Crippen LogP contribution >= 0.6 is 23.5 Å². The summed E-state index contributed by atoms with van der Waals surface area (Å²) in [4.78, 5) is 4.71. The van der Waals surface area contributed by atoms with Gasteiger partial charge in [-0.25, -0.2) is 0 Å². The number of hydrogen-bond donors (Lipinski definition) is 2. The molecule has 0 aliphatic carbocycles. The van der Waals surface area contributed by atoms with Crippen LogP contribution in [-0.4, -0.2) is 47.1 Å². The fourth-order valence-electron chi connectivity index (χ4n) is 1.92. The molecule has 1 atom stereocenters. The third-order valence-corrected chi connectivity index (χ3v) is 6.22. The van der Waals surface area contributed by atoms with Crippen LogP contribution < -0.4 is 10.6 Å². The Hall–Kier alpha value is -0.0300. The maximum atomic E-state index is 4.71. The maximum Gasteiger partial charge on any atom is 0.191 e. The number of rotatable bonds is 6. The summed E-state index contributed by atoms with van der Waals surface area (Å²) in [5.41, 5.74) is 0. The van der Waals surface area contributed by atoms with Gasteiger partial charge in [0.1, 0.15) is 0 Å². The molecule has 2 N–H and O–H groups in total. The van der Waals surface area contributed by atoms with Gasteiger partial charge in [-0.2, -0.15) is 23.5 Å². The molecule has 0 bridgehead atoms. The fourth-order valence-corrected chi connectivity index (χ4v) is 3.36. The van der Waals surface area contributed by atoms with Crippen molar-refractivity contribution in [1.82, 2.24) is 10.6 Å². The summed E-state index contributed by atoms with van der Waals surface area (Å²) < 4.78 is 0.583. The van der Waals surface area contributed by atoms with Crippen LogP contribution in [0.2, 0.25) is 0 Å². The smallest absolute Gasteiger partial charge is 0.191 e. The summed E-state index contributed by atoms with van der Waals surface area (Å²) in [6, 6.07) is 0. The molecular formula is C14H29N3S2. The quantitative estimate of drug-likeness (QED) is 0.584. The molecule has 3 nitrogen and oxygen atoms in total. The van der Waals surface area contributed by atoms with E-state index in [4.69, 9.17) is 4.99 Å². The lowest BCUT2D eigenvalue weighted by molar-refractivity contribution is 0.583. The first-order valence-corrected chi connectivity index (χ1v) is 9.33. The van der Waals surface area contributed by atoms with Gasteiger partial charge in [0.15, 0.2) is 5.96 Å². The third-order valence-electron chi connectivity index (χ3n) is 3.45. The average Bonchev–Trinajstić information content (AvgIpc) is 2.80. The Morgan fingerprint density at radius 1 is 1.42 bits per heavy atom. The van der Waals surface area contributed by atoms with E-state index in [2.05, 4.69) is 56.3 Å². The van der Waals surface area contributed by atoms with Crippen LogP contribution in [0.4, 0.5) is 0 Å². The molecule has 1 rings (SSSR count). The Morgan fingerprint density at radius 2 is 2.16 bits per heavy atom. The van der Waals surface area contributed by atoms with Gasteiger partial charge >= 0.3 is 0 Å². The summed E-state index contributed by atoms with van der Waals surface area (Å²) in [5.74, 6) is 2.25. The second kappa shape index (κ2) is 7.67. The summed E-state index contributed by atoms with van der Waals surface area (Å²) in [6.07, 6.45) is 4.79. The van der Waals surface area contributed by atoms with Crippen LogP contribution in [-0.2, 0) is 0 Å². The summed E-state index contributed by atoms with van der Waals surface area (Å²) in [5, 5.41) is 6.85. The lowest BCUT2D eigenvalue weighted by Crippen LogP contribution is -2.44. The van der Waals surface area contributed by atoms with Gasteiger partial charge in [0.25, 0.3) is 0 Å². The van der Waals surface area contributed by atoms with Gasteiger partial charge in [-0.15, -0.1) is 0 Å². The lowest BCUT2D eigenvalue weighted by atomic mass is 10.1. The molecule has 1 saturated heterocycles. The SMILES string of the molecule is CCNC(=NCC(C)(C)SC)NCC1(C)CCCS1. The van der Waals surface area contributed by atoms with Gasteiger partial charge in [0.2, 0.25) is 0 Å². The zero-order valence-corrected chi connectivity index (χ0v) is 14.6. The highest BCUT2D eigenvalue weighted by molar-refractivity contribution is 8.00. The monoisotopic (exact) mass is 303 g/mol. The molecular weight excluding hydrogens is 274 g/mol. The molecule has 0 aromatic heterocycles. The highest BCUT2D eigenvalue weighted by Crippen LogP contribution is 2.36. The van der Waals surface area contributed by atoms with E-state index in [-0.39, 0.29) is 4.75 Å². The van der Waals surface area contributed by atoms with Crippen molar-refractivity contribution >= 4 is 29.5 Å². The minimum atomic E-state index is 0.203. The van der Waals surface area contributed by atoms with Crippen molar-refractivity contribution in [3.8, 4) is 0 Å². The van der Waals surface area contributed by atoms with E-state index in [9.17, 15) is 0 Å². The van der Waals surface area contributed by atoms with E-state index >= 15 is 0 Å². The zero-order chi connectivity index (χ0) is 14.4. The van der Waals surface area contributed by atoms with Crippen LogP contribution in [0.25, 0.3) is 0 Å². The second-order valence-corrected chi connectivity index (χ2v) is 9.11. The van der Waals surface area contributed by atoms with Gasteiger partial charge < -0.3 is 10.6 Å². The molecule has 5 heteroatoms. The van der Waals surface area contributed by atoms with E-state index in [0.717, 1.165) is 25.6 Å². The van der Waals surface area contributed by atoms with E-state index in [1.165, 1.54) is 18.6 Å². The molecule has 1 unspecified atom stereocenters. The summed E-state index contributed by atoms with van der Waals surface area (Å²) in [7, 11) is 0. The first kappa shape index (κ1) is 17.0. The van der Waals surface area contributed by atoms with Crippen LogP contribution in [0.1, 0.15) is 40.5 Å². The van der Waals surface area contributed by atoms with Gasteiger partial charge in [0.05, 0.1) is 6.54 Å². The average molecular weight is 304 g/mol. The second-order valence-electron chi connectivity index (χ2n) is 5.91. The van der Waals surface area contributed by atoms with Crippen LogP contribution in [0, 0.1) is 0 Å². The minimum Gasteiger partial charge on any atom is -0.357 e. The molecule has 0 saturated carbocycles. The molecule has 0 aromatic rings. The highest BCUT2D eigenvalue weighted by atomic mass is 32.2. The van der Waals surface area contributed by atoms with Crippen LogP contribution in [0.15, 0.2) is 4.99 Å².